The van der Waals surface area contributed by atoms with Crippen LogP contribution in [0.15, 0.2) is 0 Å². The monoisotopic (exact) mass is 470 g/mol. The van der Waals surface area contributed by atoms with E-state index in [9.17, 15) is 0 Å². The molecule has 1 nitrogen and oxygen atoms in total. The summed E-state index contributed by atoms with van der Waals surface area (Å²) in [7, 11) is 0. The van der Waals surface area contributed by atoms with Gasteiger partial charge in [-0.15, -0.1) is 0 Å². The second-order valence-corrected chi connectivity index (χ2v) is 15.1. The third-order valence-corrected chi connectivity index (χ3v) is 13.4. The number of hydrogen-bond donors (Lipinski definition) is 0. The van der Waals surface area contributed by atoms with Crippen LogP contribution in [0.25, 0.3) is 0 Å². The Bertz CT molecular complexity index is 666. The molecule has 34 heavy (non-hydrogen) atoms. The van der Waals surface area contributed by atoms with Crippen LogP contribution >= 0.6 is 0 Å². The van der Waals surface area contributed by atoms with Crippen LogP contribution in [0.2, 0.25) is 0 Å². The molecule has 5 rings (SSSR count). The minimum absolute atomic E-state index is 0.482. The van der Waals surface area contributed by atoms with Crippen LogP contribution in [-0.2, 0) is 4.74 Å². The molecule has 6 unspecified atom stereocenters. The van der Waals surface area contributed by atoms with Crippen molar-refractivity contribution >= 4 is 0 Å². The molecule has 196 valence electrons. The summed E-state index contributed by atoms with van der Waals surface area (Å²) in [4.78, 5) is 0. The van der Waals surface area contributed by atoms with E-state index in [4.69, 9.17) is 4.74 Å². The predicted octanol–water partition coefficient (Wildman–Crippen LogP) is 10.3. The molecule has 0 radical (unpaired) electrons. The first-order chi connectivity index (χ1) is 16.3. The van der Waals surface area contributed by atoms with Gasteiger partial charge in [0.05, 0.1) is 12.2 Å². The Morgan fingerprint density at radius 3 is 1.47 bits per heavy atom. The number of rotatable bonds is 2. The van der Waals surface area contributed by atoms with Crippen molar-refractivity contribution in [1.82, 2.24) is 0 Å². The average molecular weight is 471 g/mol. The number of fused-ring (bicyclic) bond motifs is 3. The molecule has 0 amide bonds. The van der Waals surface area contributed by atoms with E-state index in [1.165, 1.54) is 135 Å². The minimum Gasteiger partial charge on any atom is -0.374 e. The highest BCUT2D eigenvalue weighted by atomic mass is 16.5. The molecule has 4 aliphatic carbocycles. The van der Waals surface area contributed by atoms with Crippen LogP contribution in [0.5, 0.6) is 0 Å². The van der Waals surface area contributed by atoms with E-state index in [1.54, 1.807) is 0 Å². The Morgan fingerprint density at radius 1 is 0.412 bits per heavy atom. The van der Waals surface area contributed by atoms with Gasteiger partial charge >= 0.3 is 0 Å². The lowest BCUT2D eigenvalue weighted by atomic mass is 9.57. The van der Waals surface area contributed by atoms with Crippen molar-refractivity contribution in [2.24, 2.45) is 33.5 Å². The fourth-order valence-electron chi connectivity index (χ4n) is 10.2. The van der Waals surface area contributed by atoms with E-state index in [-0.39, 0.29) is 0 Å². The highest BCUT2D eigenvalue weighted by molar-refractivity contribution is 5.04. The maximum atomic E-state index is 7.15. The van der Waals surface area contributed by atoms with Crippen LogP contribution in [0, 0.1) is 33.5 Å². The van der Waals surface area contributed by atoms with Gasteiger partial charge in [-0.05, 0) is 104 Å². The zero-order valence-electron chi connectivity index (χ0n) is 23.6. The van der Waals surface area contributed by atoms with Crippen molar-refractivity contribution in [2.75, 3.05) is 0 Å². The first-order valence-corrected chi connectivity index (χ1v) is 15.9. The van der Waals surface area contributed by atoms with Crippen LogP contribution in [0.1, 0.15) is 163 Å². The third kappa shape index (κ3) is 4.67. The lowest BCUT2D eigenvalue weighted by molar-refractivity contribution is -0.0464. The molecular formula is C33H58O. The first kappa shape index (κ1) is 25.6. The molecule has 0 spiro atoms. The maximum absolute atomic E-state index is 7.15. The zero-order chi connectivity index (χ0) is 23.9. The molecule has 0 aromatic heterocycles. The molecule has 0 N–H and O–H groups in total. The van der Waals surface area contributed by atoms with Gasteiger partial charge in [-0.25, -0.2) is 0 Å². The lowest BCUT2D eigenvalue weighted by Crippen LogP contribution is -2.41. The summed E-state index contributed by atoms with van der Waals surface area (Å²) >= 11 is 0. The smallest absolute Gasteiger partial charge is 0.0616 e. The van der Waals surface area contributed by atoms with E-state index >= 15 is 0 Å². The molecule has 1 heteroatoms. The van der Waals surface area contributed by atoms with Gasteiger partial charge < -0.3 is 4.74 Å². The lowest BCUT2D eigenvalue weighted by Gasteiger charge is -2.49. The van der Waals surface area contributed by atoms with Gasteiger partial charge in [0.15, 0.2) is 0 Å². The number of ether oxygens (including phenoxy) is 1. The van der Waals surface area contributed by atoms with E-state index in [2.05, 4.69) is 27.7 Å². The standard InChI is InChI=1S/C33H58O/c1-30(18-12-8-9-13-19-30)32(3)23-16-27-26-15-14-22-33(4,25-29(26)34-28(27)17-24-32)31(2)20-10-6-5-7-11-21-31/h26-29H,5-25H2,1-4H3. The maximum Gasteiger partial charge on any atom is 0.0616 e. The Labute approximate surface area is 213 Å². The molecule has 0 aromatic carbocycles. The van der Waals surface area contributed by atoms with Gasteiger partial charge in [-0.2, -0.15) is 0 Å². The molecule has 1 aliphatic heterocycles. The average Bonchev–Trinajstić information content (AvgIpc) is 2.99. The van der Waals surface area contributed by atoms with Crippen molar-refractivity contribution in [1.29, 1.82) is 0 Å². The molecule has 5 aliphatic rings. The van der Waals surface area contributed by atoms with Crippen LogP contribution in [0.3, 0.4) is 0 Å². The largest absolute Gasteiger partial charge is 0.374 e. The second kappa shape index (κ2) is 10.0. The van der Waals surface area contributed by atoms with Gasteiger partial charge in [0, 0.05) is 0 Å². The van der Waals surface area contributed by atoms with Crippen LogP contribution in [-0.4, -0.2) is 12.2 Å². The number of hydrogen-bond acceptors (Lipinski definition) is 1. The van der Waals surface area contributed by atoms with Crippen molar-refractivity contribution in [2.45, 2.75) is 175 Å². The SMILES string of the molecule is CC1(C2(C)CCC3OC4CC(C)(C5(C)CCCCCCC5)CCCC4C3CC2)CCCCCC1. The molecular weight excluding hydrogens is 412 g/mol. The van der Waals surface area contributed by atoms with Gasteiger partial charge in [-0.3, -0.25) is 0 Å². The van der Waals surface area contributed by atoms with Gasteiger partial charge in [0.1, 0.15) is 0 Å². The fourth-order valence-corrected chi connectivity index (χ4v) is 10.2. The topological polar surface area (TPSA) is 9.23 Å². The Kier molecular flexibility index (Phi) is 7.55. The van der Waals surface area contributed by atoms with Gasteiger partial charge in [0.25, 0.3) is 0 Å². The molecule has 1 saturated heterocycles. The Morgan fingerprint density at radius 2 is 0.853 bits per heavy atom. The van der Waals surface area contributed by atoms with E-state index < -0.39 is 0 Å². The third-order valence-electron chi connectivity index (χ3n) is 13.4. The van der Waals surface area contributed by atoms with Crippen LogP contribution < -0.4 is 0 Å². The molecule has 5 fully saturated rings. The molecule has 0 bridgehead atoms. The molecule has 6 atom stereocenters. The summed E-state index contributed by atoms with van der Waals surface area (Å²) in [6.45, 7) is 10.7. The summed E-state index contributed by atoms with van der Waals surface area (Å²) < 4.78 is 7.15. The normalized spacial score (nSPS) is 45.5. The van der Waals surface area contributed by atoms with Crippen molar-refractivity contribution in [3.05, 3.63) is 0 Å². The fraction of sp³-hybridized carbons (Fsp3) is 1.00. The van der Waals surface area contributed by atoms with E-state index in [1.807, 2.05) is 0 Å². The summed E-state index contributed by atoms with van der Waals surface area (Å²) in [5.41, 5.74) is 2.11. The summed E-state index contributed by atoms with van der Waals surface area (Å²) in [6, 6.07) is 0. The molecule has 4 saturated carbocycles. The van der Waals surface area contributed by atoms with Crippen LogP contribution in [0.4, 0.5) is 0 Å². The minimum atomic E-state index is 0.482. The van der Waals surface area contributed by atoms with Crippen molar-refractivity contribution < 1.29 is 4.74 Å². The molecule has 1 heterocycles. The van der Waals surface area contributed by atoms with Crippen molar-refractivity contribution in [3.63, 3.8) is 0 Å². The van der Waals surface area contributed by atoms with Crippen molar-refractivity contribution in [3.8, 4) is 0 Å². The van der Waals surface area contributed by atoms with Gasteiger partial charge in [-0.1, -0.05) is 91.9 Å². The van der Waals surface area contributed by atoms with E-state index in [0.29, 0.717) is 33.9 Å². The Balaban J connectivity index is 1.29. The molecule has 0 aromatic rings. The predicted molar refractivity (Wildman–Crippen MR) is 145 cm³/mol. The highest BCUT2D eigenvalue weighted by Crippen LogP contribution is 2.61. The van der Waals surface area contributed by atoms with Gasteiger partial charge in [0.2, 0.25) is 0 Å². The summed E-state index contributed by atoms with van der Waals surface area (Å²) in [6.07, 6.45) is 31.6. The highest BCUT2D eigenvalue weighted by Gasteiger charge is 2.55. The second-order valence-electron chi connectivity index (χ2n) is 15.1. The summed E-state index contributed by atoms with van der Waals surface area (Å²) in [5, 5.41) is 0. The zero-order valence-corrected chi connectivity index (χ0v) is 23.6. The summed E-state index contributed by atoms with van der Waals surface area (Å²) in [5.74, 6) is 1.71. The van der Waals surface area contributed by atoms with E-state index in [0.717, 1.165) is 11.8 Å². The Hall–Kier alpha value is -0.0400. The first-order valence-electron chi connectivity index (χ1n) is 15.9. The quantitative estimate of drug-likeness (QED) is 0.365.